The molecule has 0 amide bonds. The molecule has 1 aromatic rings. The van der Waals surface area contributed by atoms with Gasteiger partial charge in [-0.05, 0) is 58.4 Å². The highest BCUT2D eigenvalue weighted by Crippen LogP contribution is 2.23. The molecule has 0 aromatic heterocycles. The molecule has 0 aliphatic carbocycles. The summed E-state index contributed by atoms with van der Waals surface area (Å²) in [6, 6.07) is 10.8. The Morgan fingerprint density at radius 2 is 0.833 bits per heavy atom. The van der Waals surface area contributed by atoms with Gasteiger partial charge in [0.15, 0.2) is 0 Å². The average molecular weight is 812 g/mol. The summed E-state index contributed by atoms with van der Waals surface area (Å²) < 4.78 is 2.32. The van der Waals surface area contributed by atoms with Crippen molar-refractivity contribution >= 4 is 24.8 Å². The largest absolute Gasteiger partial charge is 0.412 e. The smallest absolute Gasteiger partial charge is 0.104 e. The lowest BCUT2D eigenvalue weighted by Crippen LogP contribution is -2.46. The fraction of sp³-hybridized carbons (Fsp3) is 0.872. The fourth-order valence-corrected chi connectivity index (χ4v) is 6.79. The molecule has 0 unspecified atom stereocenters. The van der Waals surface area contributed by atoms with Crippen molar-refractivity contribution in [1.29, 1.82) is 0 Å². The molecule has 330 valence electrons. The van der Waals surface area contributed by atoms with E-state index in [1.54, 1.807) is 0 Å². The van der Waals surface area contributed by atoms with E-state index >= 15 is 0 Å². The maximum Gasteiger partial charge on any atom is 0.104 e. The van der Waals surface area contributed by atoms with Gasteiger partial charge < -0.3 is 26.3 Å². The summed E-state index contributed by atoms with van der Waals surface area (Å²) in [5, 5.41) is 0. The average Bonchev–Trinajstić information content (AvgIpc) is 3.08. The number of unbranched alkanes of at least 4 members (excludes halogenated alkanes) is 21. The van der Waals surface area contributed by atoms with Crippen LogP contribution in [-0.2, 0) is 6.54 Å². The Morgan fingerprint density at radius 3 is 1.15 bits per heavy atom. The second kappa shape index (κ2) is 45.3. The van der Waals surface area contributed by atoms with Crippen molar-refractivity contribution in [3.63, 3.8) is 0 Å². The van der Waals surface area contributed by atoms with Gasteiger partial charge >= 0.3 is 0 Å². The molecule has 5 nitrogen and oxygen atoms in total. The molecule has 0 aliphatic heterocycles. The van der Waals surface area contributed by atoms with Gasteiger partial charge in [-0.3, -0.25) is 0 Å². The molecule has 0 atom stereocenters. The van der Waals surface area contributed by atoms with Crippen molar-refractivity contribution in [1.82, 2.24) is 6.15 Å². The maximum absolute atomic E-state index is 5.46. The predicted octanol–water partition coefficient (Wildman–Crippen LogP) is 14.3. The Bertz CT molecular complexity index is 787. The van der Waals surface area contributed by atoms with Gasteiger partial charge in [0.05, 0.1) is 47.3 Å². The standard InChI is InChI=1S/C19H42N.C15H33N.C13H22N.2ClH.H3N.H2O/c1-5-6-7-8-9-10-11-12-13-14-15-16-17-18-19-20(2,3)4;1-15(2,3)13-11-9-7-5-4-6-8-10-12-14-16;1-4-14(5-2,6-3)12-13-10-8-7-9-11-13;;;;/h5-19H2,1-4H3;4-14,16H2,1-3H3;7-11H,4-6,12H2,1-3H3;2*1H;1H3;1H2/q+1;;+1;;;;. The highest BCUT2D eigenvalue weighted by molar-refractivity contribution is 5.85. The van der Waals surface area contributed by atoms with Gasteiger partial charge in [-0.2, -0.15) is 0 Å². The lowest BCUT2D eigenvalue weighted by molar-refractivity contribution is -0.936. The molecule has 1 aromatic carbocycles. The topological polar surface area (TPSA) is 92.5 Å². The first kappa shape index (κ1) is 65.5. The van der Waals surface area contributed by atoms with Crippen molar-refractivity contribution in [3.05, 3.63) is 35.9 Å². The summed E-state index contributed by atoms with van der Waals surface area (Å²) in [5.41, 5.74) is 7.45. The van der Waals surface area contributed by atoms with Crippen LogP contribution in [0.2, 0.25) is 0 Å². The van der Waals surface area contributed by atoms with Crippen molar-refractivity contribution in [2.45, 2.75) is 209 Å². The zero-order valence-electron chi connectivity index (χ0n) is 38.6. The van der Waals surface area contributed by atoms with E-state index in [1.165, 1.54) is 197 Å². The molecule has 7 heteroatoms. The van der Waals surface area contributed by atoms with Crippen molar-refractivity contribution in [3.8, 4) is 0 Å². The second-order valence-electron chi connectivity index (χ2n) is 17.8. The van der Waals surface area contributed by atoms with Crippen LogP contribution in [0.1, 0.15) is 208 Å². The Morgan fingerprint density at radius 1 is 0.500 bits per heavy atom. The summed E-state index contributed by atoms with van der Waals surface area (Å²) >= 11 is 0. The number of halogens is 2. The van der Waals surface area contributed by atoms with Crippen LogP contribution in [0.5, 0.6) is 0 Å². The van der Waals surface area contributed by atoms with E-state index in [-0.39, 0.29) is 36.4 Å². The lowest BCUT2D eigenvalue weighted by atomic mass is 9.89. The number of rotatable bonds is 30. The summed E-state index contributed by atoms with van der Waals surface area (Å²) in [6.07, 6.45) is 34.2. The lowest BCUT2D eigenvalue weighted by Gasteiger charge is -2.35. The van der Waals surface area contributed by atoms with E-state index in [0.717, 1.165) is 11.0 Å². The highest BCUT2D eigenvalue weighted by atomic mass is 35.5. The van der Waals surface area contributed by atoms with Crippen LogP contribution in [0.15, 0.2) is 30.3 Å². The van der Waals surface area contributed by atoms with Crippen LogP contribution in [0, 0.1) is 5.41 Å². The molecular weight excluding hydrogens is 707 g/mol. The minimum atomic E-state index is 0. The second-order valence-corrected chi connectivity index (χ2v) is 17.8. The van der Waals surface area contributed by atoms with E-state index in [9.17, 15) is 0 Å². The first-order valence-corrected chi connectivity index (χ1v) is 22.3. The van der Waals surface area contributed by atoms with Gasteiger partial charge in [0, 0.05) is 5.56 Å². The molecule has 0 heterocycles. The Balaban J connectivity index is -0.000000156. The van der Waals surface area contributed by atoms with Gasteiger partial charge in [-0.25, -0.2) is 0 Å². The first-order chi connectivity index (χ1) is 23.9. The van der Waals surface area contributed by atoms with Gasteiger partial charge in [0.25, 0.3) is 0 Å². The number of nitrogens with zero attached hydrogens (tertiary/aromatic N) is 2. The SMILES string of the molecule is CC(C)(C)CCCCCCCCCCCN.CCCCCCCCCCCCCCCC[N+](C)(C)C.CC[N+](CC)(CC)Cc1ccccc1.Cl.Cl.N.O. The Kier molecular flexibility index (Phi) is 54.9. The van der Waals surface area contributed by atoms with Crippen LogP contribution >= 0.6 is 24.8 Å². The summed E-state index contributed by atoms with van der Waals surface area (Å²) in [6.45, 7) is 23.2. The quantitative estimate of drug-likeness (QED) is 0.0598. The van der Waals surface area contributed by atoms with Gasteiger partial charge in [0.2, 0.25) is 0 Å². The van der Waals surface area contributed by atoms with E-state index in [4.69, 9.17) is 5.73 Å². The minimum absolute atomic E-state index is 0. The monoisotopic (exact) mass is 811 g/mol. The molecule has 54 heavy (non-hydrogen) atoms. The van der Waals surface area contributed by atoms with Crippen molar-refractivity contribution in [2.75, 3.05) is 53.9 Å². The zero-order valence-corrected chi connectivity index (χ0v) is 40.2. The molecule has 0 aliphatic rings. The normalized spacial score (nSPS) is 11.0. The van der Waals surface area contributed by atoms with E-state index in [1.807, 2.05) is 0 Å². The summed E-state index contributed by atoms with van der Waals surface area (Å²) in [5.74, 6) is 0. The molecular formula is C47H104Cl2N4O+2. The van der Waals surface area contributed by atoms with Gasteiger partial charge in [-0.15, -0.1) is 24.8 Å². The molecule has 1 rings (SSSR count). The summed E-state index contributed by atoms with van der Waals surface area (Å²) in [4.78, 5) is 0. The molecule has 7 N–H and O–H groups in total. The number of benzene rings is 1. The van der Waals surface area contributed by atoms with Crippen LogP contribution in [0.3, 0.4) is 0 Å². The van der Waals surface area contributed by atoms with Crippen LogP contribution in [0.25, 0.3) is 0 Å². The van der Waals surface area contributed by atoms with Crippen molar-refractivity contribution < 1.29 is 14.4 Å². The molecule has 0 saturated heterocycles. The predicted molar refractivity (Wildman–Crippen MR) is 253 cm³/mol. The van der Waals surface area contributed by atoms with E-state index in [2.05, 4.69) is 99.9 Å². The third kappa shape index (κ3) is 49.6. The third-order valence-electron chi connectivity index (χ3n) is 10.7. The molecule has 0 saturated carbocycles. The zero-order chi connectivity index (χ0) is 37.8. The molecule has 0 bridgehead atoms. The van der Waals surface area contributed by atoms with E-state index in [0.29, 0.717) is 5.41 Å². The highest BCUT2D eigenvalue weighted by Gasteiger charge is 2.20. The van der Waals surface area contributed by atoms with Gasteiger partial charge in [0.1, 0.15) is 6.54 Å². The first-order valence-electron chi connectivity index (χ1n) is 22.3. The molecule has 0 spiro atoms. The number of hydrogen-bond donors (Lipinski definition) is 2. The van der Waals surface area contributed by atoms with Gasteiger partial charge in [-0.1, -0.05) is 186 Å². The fourth-order valence-electron chi connectivity index (χ4n) is 6.79. The maximum atomic E-state index is 5.46. The van der Waals surface area contributed by atoms with Crippen LogP contribution in [-0.4, -0.2) is 68.3 Å². The Labute approximate surface area is 354 Å². The summed E-state index contributed by atoms with van der Waals surface area (Å²) in [7, 11) is 6.88. The van der Waals surface area contributed by atoms with Crippen LogP contribution < -0.4 is 11.9 Å². The third-order valence-corrected chi connectivity index (χ3v) is 10.7. The number of nitrogens with two attached hydrogens (primary N) is 1. The molecule has 0 radical (unpaired) electrons. The number of quaternary nitrogens is 2. The van der Waals surface area contributed by atoms with Crippen LogP contribution in [0.4, 0.5) is 0 Å². The molecule has 0 fully saturated rings. The number of hydrogen-bond acceptors (Lipinski definition) is 2. The minimum Gasteiger partial charge on any atom is -0.412 e. The van der Waals surface area contributed by atoms with E-state index < -0.39 is 0 Å². The van der Waals surface area contributed by atoms with Crippen molar-refractivity contribution in [2.24, 2.45) is 11.1 Å². The Hall–Kier alpha value is -0.400.